The molecule has 1 unspecified atom stereocenters. The van der Waals surface area contributed by atoms with Gasteiger partial charge >= 0.3 is 0 Å². The lowest BCUT2D eigenvalue weighted by Gasteiger charge is -2.45. The third-order valence-electron chi connectivity index (χ3n) is 4.05. The molecule has 0 bridgehead atoms. The Balaban J connectivity index is 2.24. The molecule has 19 heavy (non-hydrogen) atoms. The summed E-state index contributed by atoms with van der Waals surface area (Å²) in [5.41, 5.74) is 2.84. The zero-order valence-corrected chi connectivity index (χ0v) is 12.1. The third-order valence-corrected chi connectivity index (χ3v) is 4.05. The fourth-order valence-corrected chi connectivity index (χ4v) is 2.77. The number of hydrazine groups is 1. The van der Waals surface area contributed by atoms with E-state index in [0.29, 0.717) is 0 Å². The van der Waals surface area contributed by atoms with Crippen molar-refractivity contribution in [3.05, 3.63) is 18.2 Å². The first-order valence-corrected chi connectivity index (χ1v) is 6.91. The van der Waals surface area contributed by atoms with Gasteiger partial charge < -0.3 is 9.30 Å². The second-order valence-electron chi connectivity index (χ2n) is 5.42. The second-order valence-corrected chi connectivity index (χ2v) is 5.42. The van der Waals surface area contributed by atoms with Crippen molar-refractivity contribution in [1.82, 2.24) is 19.9 Å². The van der Waals surface area contributed by atoms with Crippen LogP contribution in [0, 0.1) is 0 Å². The van der Waals surface area contributed by atoms with Crippen molar-refractivity contribution >= 4 is 0 Å². The maximum Gasteiger partial charge on any atom is 0.129 e. The van der Waals surface area contributed by atoms with E-state index in [0.717, 1.165) is 38.7 Å². The number of aryl methyl sites for hydroxylation is 1. The molecule has 1 aliphatic rings. The molecule has 6 heteroatoms. The maximum atomic E-state index is 5.82. The van der Waals surface area contributed by atoms with Crippen molar-refractivity contribution in [2.24, 2.45) is 5.84 Å². The Morgan fingerprint density at radius 1 is 1.47 bits per heavy atom. The van der Waals surface area contributed by atoms with Crippen molar-refractivity contribution in [3.63, 3.8) is 0 Å². The lowest BCUT2D eigenvalue weighted by Crippen LogP contribution is -2.57. The first-order valence-electron chi connectivity index (χ1n) is 6.91. The van der Waals surface area contributed by atoms with Gasteiger partial charge in [0.1, 0.15) is 5.82 Å². The summed E-state index contributed by atoms with van der Waals surface area (Å²) in [5.74, 6) is 6.81. The van der Waals surface area contributed by atoms with Gasteiger partial charge in [-0.25, -0.2) is 10.4 Å². The summed E-state index contributed by atoms with van der Waals surface area (Å²) in [6.45, 7) is 10.8. The fraction of sp³-hybridized carbons (Fsp3) is 0.769. The molecule has 2 rings (SSSR count). The predicted octanol–water partition coefficient (Wildman–Crippen LogP) is 0.518. The number of rotatable bonds is 5. The summed E-state index contributed by atoms with van der Waals surface area (Å²) in [7, 11) is 0. The summed E-state index contributed by atoms with van der Waals surface area (Å²) in [6.07, 6.45) is 3.83. The minimum Gasteiger partial charge on any atom is -0.379 e. The molecule has 3 N–H and O–H groups in total. The lowest BCUT2D eigenvalue weighted by molar-refractivity contribution is -0.0253. The van der Waals surface area contributed by atoms with Gasteiger partial charge in [-0.1, -0.05) is 0 Å². The van der Waals surface area contributed by atoms with Gasteiger partial charge in [-0.2, -0.15) is 0 Å². The average Bonchev–Trinajstić information content (AvgIpc) is 2.88. The highest BCUT2D eigenvalue weighted by Crippen LogP contribution is 2.30. The van der Waals surface area contributed by atoms with Gasteiger partial charge in [0.15, 0.2) is 0 Å². The summed E-state index contributed by atoms with van der Waals surface area (Å²) < 4.78 is 7.56. The molecule has 1 saturated heterocycles. The summed E-state index contributed by atoms with van der Waals surface area (Å²) in [4.78, 5) is 6.89. The fourth-order valence-electron chi connectivity index (χ4n) is 2.77. The Labute approximate surface area is 114 Å². The molecule has 0 aromatic carbocycles. The van der Waals surface area contributed by atoms with Crippen LogP contribution in [0.3, 0.4) is 0 Å². The van der Waals surface area contributed by atoms with Gasteiger partial charge in [-0.05, 0) is 20.8 Å². The van der Waals surface area contributed by atoms with Crippen molar-refractivity contribution < 1.29 is 4.74 Å². The highest BCUT2D eigenvalue weighted by Gasteiger charge is 2.38. The first kappa shape index (κ1) is 14.5. The molecule has 0 saturated carbocycles. The second kappa shape index (κ2) is 6.00. The molecular weight excluding hydrogens is 242 g/mol. The molecule has 2 heterocycles. The van der Waals surface area contributed by atoms with E-state index < -0.39 is 0 Å². The smallest absolute Gasteiger partial charge is 0.129 e. The highest BCUT2D eigenvalue weighted by molar-refractivity contribution is 5.08. The number of hydrogen-bond acceptors (Lipinski definition) is 5. The Kier molecular flexibility index (Phi) is 4.57. The maximum absolute atomic E-state index is 5.82. The van der Waals surface area contributed by atoms with Crippen LogP contribution in [0.15, 0.2) is 12.4 Å². The van der Waals surface area contributed by atoms with E-state index in [1.807, 2.05) is 12.4 Å². The molecule has 0 aliphatic carbocycles. The van der Waals surface area contributed by atoms with Crippen LogP contribution in [0.4, 0.5) is 0 Å². The van der Waals surface area contributed by atoms with Crippen LogP contribution in [0.25, 0.3) is 0 Å². The van der Waals surface area contributed by atoms with Crippen LogP contribution in [-0.4, -0.2) is 46.3 Å². The van der Waals surface area contributed by atoms with E-state index in [4.69, 9.17) is 10.6 Å². The molecule has 1 aliphatic heterocycles. The summed E-state index contributed by atoms with van der Waals surface area (Å²) in [5, 5.41) is 0. The van der Waals surface area contributed by atoms with E-state index >= 15 is 0 Å². The van der Waals surface area contributed by atoms with Crippen LogP contribution >= 0.6 is 0 Å². The van der Waals surface area contributed by atoms with Crippen LogP contribution in [0.2, 0.25) is 0 Å². The number of ether oxygens (including phenoxy) is 1. The van der Waals surface area contributed by atoms with Gasteiger partial charge in [-0.15, -0.1) is 0 Å². The minimum atomic E-state index is -0.114. The van der Waals surface area contributed by atoms with Gasteiger partial charge in [0, 0.05) is 37.6 Å². The number of imidazole rings is 1. The topological polar surface area (TPSA) is 68.3 Å². The van der Waals surface area contributed by atoms with Gasteiger partial charge in [0.25, 0.3) is 0 Å². The lowest BCUT2D eigenvalue weighted by atomic mass is 9.91. The molecule has 1 aromatic rings. The van der Waals surface area contributed by atoms with E-state index in [1.165, 1.54) is 0 Å². The Hall–Kier alpha value is -0.950. The van der Waals surface area contributed by atoms with Gasteiger partial charge in [0.05, 0.1) is 19.3 Å². The number of aromatic nitrogens is 2. The predicted molar refractivity (Wildman–Crippen MR) is 74.4 cm³/mol. The number of nitrogens with one attached hydrogen (secondary N) is 1. The number of nitrogens with zero attached hydrogens (tertiary/aromatic N) is 3. The van der Waals surface area contributed by atoms with Crippen LogP contribution in [0.1, 0.15) is 32.6 Å². The summed E-state index contributed by atoms with van der Waals surface area (Å²) in [6, 6.07) is -0.0134. The SMILES string of the molecule is CCn1ccnc1C(NN)C(C)(C)N1CCOCC1. The summed E-state index contributed by atoms with van der Waals surface area (Å²) >= 11 is 0. The van der Waals surface area contributed by atoms with Gasteiger partial charge in [0.2, 0.25) is 0 Å². The molecule has 108 valence electrons. The molecule has 0 radical (unpaired) electrons. The van der Waals surface area contributed by atoms with E-state index in [-0.39, 0.29) is 11.6 Å². The van der Waals surface area contributed by atoms with Crippen LogP contribution in [-0.2, 0) is 11.3 Å². The minimum absolute atomic E-state index is 0.0134. The van der Waals surface area contributed by atoms with Crippen molar-refractivity contribution in [2.75, 3.05) is 26.3 Å². The number of morpholine rings is 1. The first-order chi connectivity index (χ1) is 9.11. The normalized spacial score (nSPS) is 19.6. The Morgan fingerprint density at radius 2 is 2.16 bits per heavy atom. The zero-order valence-electron chi connectivity index (χ0n) is 12.1. The molecular formula is C13H25N5O. The third kappa shape index (κ3) is 2.81. The molecule has 0 spiro atoms. The highest BCUT2D eigenvalue weighted by atomic mass is 16.5. The molecule has 1 fully saturated rings. The quantitative estimate of drug-likeness (QED) is 0.601. The standard InChI is InChI=1S/C13H25N5O/c1-4-17-6-5-15-12(17)11(16-14)13(2,3)18-7-9-19-10-8-18/h5-6,11,16H,4,7-10,14H2,1-3H3. The van der Waals surface area contributed by atoms with Crippen LogP contribution < -0.4 is 11.3 Å². The monoisotopic (exact) mass is 267 g/mol. The molecule has 0 amide bonds. The van der Waals surface area contributed by atoms with E-state index in [2.05, 4.69) is 40.6 Å². The van der Waals surface area contributed by atoms with Crippen LogP contribution in [0.5, 0.6) is 0 Å². The molecule has 1 aromatic heterocycles. The van der Waals surface area contributed by atoms with Gasteiger partial charge in [-0.3, -0.25) is 10.7 Å². The Morgan fingerprint density at radius 3 is 2.74 bits per heavy atom. The van der Waals surface area contributed by atoms with E-state index in [1.54, 1.807) is 0 Å². The molecule has 6 nitrogen and oxygen atoms in total. The largest absolute Gasteiger partial charge is 0.379 e. The average molecular weight is 267 g/mol. The van der Waals surface area contributed by atoms with Crippen molar-refractivity contribution in [2.45, 2.75) is 38.9 Å². The zero-order chi connectivity index (χ0) is 13.9. The van der Waals surface area contributed by atoms with E-state index in [9.17, 15) is 0 Å². The number of nitrogens with two attached hydrogens (primary N) is 1. The Bertz CT molecular complexity index is 397. The molecule has 1 atom stereocenters. The van der Waals surface area contributed by atoms with Crippen molar-refractivity contribution in [3.8, 4) is 0 Å². The number of hydrogen-bond donors (Lipinski definition) is 2. The van der Waals surface area contributed by atoms with Crippen molar-refractivity contribution in [1.29, 1.82) is 0 Å².